The number of phosphoric ester groups is 1. The van der Waals surface area contributed by atoms with E-state index in [1.807, 2.05) is 13.0 Å². The Kier molecular flexibility index (Phi) is 33.5. The van der Waals surface area contributed by atoms with Gasteiger partial charge in [0.25, 0.3) is 0 Å². The number of carbonyl (C=O) groups is 2. The average Bonchev–Trinajstić information content (AvgIpc) is 3.08. The van der Waals surface area contributed by atoms with Crippen molar-refractivity contribution in [1.29, 1.82) is 0 Å². The number of esters is 2. The number of nitrogens with two attached hydrogens (primary N) is 1. The zero-order valence-electron chi connectivity index (χ0n) is 31.0. The van der Waals surface area contributed by atoms with E-state index < -0.39 is 32.5 Å². The molecule has 0 aliphatic rings. The second-order valence-electron chi connectivity index (χ2n) is 12.4. The van der Waals surface area contributed by atoms with Crippen LogP contribution in [0.4, 0.5) is 0 Å². The lowest BCUT2D eigenvalue weighted by molar-refractivity contribution is -0.161. The van der Waals surface area contributed by atoms with Gasteiger partial charge in [0, 0.05) is 19.4 Å². The molecule has 50 heavy (non-hydrogen) atoms. The number of phosphoric acid groups is 1. The maximum atomic E-state index is 12.5. The Morgan fingerprint density at radius 3 is 1.82 bits per heavy atom. The molecule has 0 fully saturated rings. The van der Waals surface area contributed by atoms with Gasteiger partial charge in [-0.15, -0.1) is 0 Å². The van der Waals surface area contributed by atoms with Gasteiger partial charge < -0.3 is 25.2 Å². The second kappa shape index (κ2) is 35.1. The largest absolute Gasteiger partial charge is 0.472 e. The van der Waals surface area contributed by atoms with Crippen LogP contribution in [0.2, 0.25) is 0 Å². The molecule has 0 radical (unpaired) electrons. The summed E-state index contributed by atoms with van der Waals surface area (Å²) in [6.07, 6.45) is 36.8. The van der Waals surface area contributed by atoms with Crippen LogP contribution in [0.3, 0.4) is 0 Å². The van der Waals surface area contributed by atoms with Gasteiger partial charge in [0.1, 0.15) is 6.61 Å². The predicted molar refractivity (Wildman–Crippen MR) is 202 cm³/mol. The molecule has 0 heterocycles. The van der Waals surface area contributed by atoms with Crippen LogP contribution in [-0.4, -0.2) is 60.5 Å². The Hall–Kier alpha value is -2.33. The fourth-order valence-electron chi connectivity index (χ4n) is 4.57. The minimum absolute atomic E-state index is 0.0372. The molecule has 0 spiro atoms. The molecule has 0 saturated heterocycles. The van der Waals surface area contributed by atoms with Crippen LogP contribution in [0.1, 0.15) is 136 Å². The second-order valence-corrected chi connectivity index (χ2v) is 13.8. The first kappa shape index (κ1) is 47.7. The van der Waals surface area contributed by atoms with E-state index in [1.165, 1.54) is 12.8 Å². The van der Waals surface area contributed by atoms with Gasteiger partial charge in [-0.3, -0.25) is 18.6 Å². The maximum absolute atomic E-state index is 12.5. The van der Waals surface area contributed by atoms with Crippen molar-refractivity contribution in [3.63, 3.8) is 0 Å². The molecule has 1 unspecified atom stereocenters. The molecule has 0 aromatic heterocycles. The Morgan fingerprint density at radius 1 is 0.680 bits per heavy atom. The summed E-state index contributed by atoms with van der Waals surface area (Å²) in [5.41, 5.74) is 5.32. The normalized spacial score (nSPS) is 14.7. The molecule has 0 aliphatic carbocycles. The number of ether oxygens (including phenoxy) is 2. The summed E-state index contributed by atoms with van der Waals surface area (Å²) in [7, 11) is -4.39. The van der Waals surface area contributed by atoms with Crippen LogP contribution in [-0.2, 0) is 32.7 Å². The lowest BCUT2D eigenvalue weighted by Crippen LogP contribution is -2.29. The summed E-state index contributed by atoms with van der Waals surface area (Å²) in [6.45, 7) is 3.12. The number of hydrogen-bond donors (Lipinski definition) is 3. The van der Waals surface area contributed by atoms with E-state index in [2.05, 4.69) is 61.6 Å². The minimum Gasteiger partial charge on any atom is -0.462 e. The van der Waals surface area contributed by atoms with Gasteiger partial charge in [0.15, 0.2) is 6.10 Å². The van der Waals surface area contributed by atoms with Gasteiger partial charge in [-0.25, -0.2) is 4.57 Å². The number of unbranched alkanes of at least 4 members (excludes halogenated alkanes) is 9. The molecule has 0 saturated carbocycles. The topological polar surface area (TPSA) is 155 Å². The molecule has 11 heteroatoms. The predicted octanol–water partition coefficient (Wildman–Crippen LogP) is 9.13. The molecule has 0 bridgehead atoms. The molecule has 0 aromatic carbocycles. The zero-order chi connectivity index (χ0) is 37.0. The summed E-state index contributed by atoms with van der Waals surface area (Å²) in [5, 5.41) is 9.25. The van der Waals surface area contributed by atoms with Crippen molar-refractivity contribution in [3.05, 3.63) is 60.8 Å². The van der Waals surface area contributed by atoms with E-state index in [0.29, 0.717) is 12.8 Å². The van der Waals surface area contributed by atoms with E-state index in [-0.39, 0.29) is 38.7 Å². The summed E-state index contributed by atoms with van der Waals surface area (Å²) < 4.78 is 32.5. The van der Waals surface area contributed by atoms with Gasteiger partial charge in [-0.05, 0) is 84.0 Å². The first-order valence-electron chi connectivity index (χ1n) is 18.8. The number of aliphatic hydroxyl groups is 1. The highest BCUT2D eigenvalue weighted by Crippen LogP contribution is 2.43. The van der Waals surface area contributed by atoms with Crippen LogP contribution >= 0.6 is 7.82 Å². The minimum atomic E-state index is -4.39. The van der Waals surface area contributed by atoms with Crippen molar-refractivity contribution in [2.45, 2.75) is 148 Å². The molecule has 4 N–H and O–H groups in total. The number of rotatable bonds is 34. The third-order valence-corrected chi connectivity index (χ3v) is 8.38. The van der Waals surface area contributed by atoms with Crippen LogP contribution in [0.25, 0.3) is 0 Å². The number of aliphatic hydroxyl groups excluding tert-OH is 1. The molecule has 288 valence electrons. The summed E-state index contributed by atoms with van der Waals surface area (Å²) >= 11 is 0. The zero-order valence-corrected chi connectivity index (χ0v) is 31.9. The molecule has 0 aliphatic heterocycles. The van der Waals surface area contributed by atoms with E-state index in [0.717, 1.165) is 83.5 Å². The highest BCUT2D eigenvalue weighted by atomic mass is 31.2. The van der Waals surface area contributed by atoms with Gasteiger partial charge in [-0.1, -0.05) is 99.8 Å². The van der Waals surface area contributed by atoms with Crippen molar-refractivity contribution in [3.8, 4) is 0 Å². The highest BCUT2D eigenvalue weighted by molar-refractivity contribution is 7.47. The third-order valence-electron chi connectivity index (χ3n) is 7.39. The van der Waals surface area contributed by atoms with Gasteiger partial charge in [-0.2, -0.15) is 0 Å². The fourth-order valence-corrected chi connectivity index (χ4v) is 5.33. The monoisotopic (exact) mass is 725 g/mol. The number of allylic oxidation sites excluding steroid dienone is 10. The van der Waals surface area contributed by atoms with E-state index in [9.17, 15) is 24.2 Å². The Balaban J connectivity index is 4.33. The molecule has 0 aromatic rings. The van der Waals surface area contributed by atoms with Crippen molar-refractivity contribution in [1.82, 2.24) is 0 Å². The Labute approximate surface area is 302 Å². The van der Waals surface area contributed by atoms with Gasteiger partial charge in [0.05, 0.1) is 19.3 Å². The van der Waals surface area contributed by atoms with Crippen LogP contribution in [0.15, 0.2) is 60.8 Å². The first-order valence-corrected chi connectivity index (χ1v) is 20.3. The molecule has 3 atom stereocenters. The van der Waals surface area contributed by atoms with Crippen molar-refractivity contribution < 1.29 is 42.7 Å². The molecular formula is C39H68NO9P. The average molecular weight is 726 g/mol. The van der Waals surface area contributed by atoms with Gasteiger partial charge in [0.2, 0.25) is 0 Å². The van der Waals surface area contributed by atoms with Crippen molar-refractivity contribution >= 4 is 19.8 Å². The van der Waals surface area contributed by atoms with Crippen molar-refractivity contribution in [2.24, 2.45) is 5.73 Å². The lowest BCUT2D eigenvalue weighted by Gasteiger charge is -2.19. The van der Waals surface area contributed by atoms with Crippen molar-refractivity contribution in [2.75, 3.05) is 26.4 Å². The third kappa shape index (κ3) is 35.5. The highest BCUT2D eigenvalue weighted by Gasteiger charge is 2.25. The van der Waals surface area contributed by atoms with E-state index in [1.54, 1.807) is 0 Å². The lowest BCUT2D eigenvalue weighted by atomic mass is 10.1. The van der Waals surface area contributed by atoms with E-state index in [4.69, 9.17) is 24.3 Å². The Morgan fingerprint density at radius 2 is 1.20 bits per heavy atom. The standard InChI is InChI=1S/C39H68NO9P/c1-3-4-5-6-7-8-14-19-22-25-28-31-39(43)49-37(35-48-50(44,45)47-33-32-40)34-46-38(42)30-27-24-21-18-16-13-11-9-10-12-15-17-20-23-26-29-36(2)41/h6-7,10-13,17-18,20-21,36-37,41H,3-5,8-9,14-16,19,22-35,40H2,1-2H3,(H,44,45)/b7-6-,12-10-,13-11-,20-17-,21-18-/t36-,37-/m1/s1. The molecule has 0 rings (SSSR count). The quantitative estimate of drug-likeness (QED) is 0.0253. The van der Waals surface area contributed by atoms with E-state index >= 15 is 0 Å². The van der Waals surface area contributed by atoms with Crippen LogP contribution in [0.5, 0.6) is 0 Å². The SMILES string of the molecule is CCCC/C=C\CCCCCCCC(=O)O[C@H](COC(=O)CCC/C=C\C/C=C\C/C=C\C/C=C\CCC[C@@H](C)O)COP(=O)(O)OCCN. The maximum Gasteiger partial charge on any atom is 0.472 e. The molecular weight excluding hydrogens is 657 g/mol. The fraction of sp³-hybridized carbons (Fsp3) is 0.692. The number of carbonyl (C=O) groups excluding carboxylic acids is 2. The van der Waals surface area contributed by atoms with Crippen LogP contribution in [0, 0.1) is 0 Å². The summed E-state index contributed by atoms with van der Waals surface area (Å²) in [6, 6.07) is 0. The molecule has 10 nitrogen and oxygen atoms in total. The van der Waals surface area contributed by atoms with Crippen LogP contribution < -0.4 is 5.73 Å². The van der Waals surface area contributed by atoms with Gasteiger partial charge >= 0.3 is 19.8 Å². The Bertz CT molecular complexity index is 1020. The summed E-state index contributed by atoms with van der Waals surface area (Å²) in [5.74, 6) is -0.931. The summed E-state index contributed by atoms with van der Waals surface area (Å²) in [4.78, 5) is 34.6. The smallest absolute Gasteiger partial charge is 0.462 e. The molecule has 0 amide bonds. The number of hydrogen-bond acceptors (Lipinski definition) is 9. The first-order chi connectivity index (χ1) is 24.2.